The van der Waals surface area contributed by atoms with Gasteiger partial charge in [-0.3, -0.25) is 9.59 Å². The normalized spacial score (nSPS) is 15.1. The summed E-state index contributed by atoms with van der Waals surface area (Å²) in [5.41, 5.74) is 8.76. The summed E-state index contributed by atoms with van der Waals surface area (Å²) in [5.74, 6) is 2.29. The van der Waals surface area contributed by atoms with Crippen LogP contribution in [0.2, 0.25) is 0 Å². The number of carbonyl (C=O) groups is 4. The number of ether oxygens (including phenoxy) is 2. The highest BCUT2D eigenvalue weighted by Gasteiger charge is 2.29. The number of urea groups is 2. The fraction of sp³-hybridized carbons (Fsp3) is 0.400. The molecule has 354 valence electrons. The Balaban J connectivity index is 0.000000201. The lowest BCUT2D eigenvalue weighted by Crippen LogP contribution is -2.46. The van der Waals surface area contributed by atoms with Gasteiger partial charge in [0.1, 0.15) is 40.5 Å². The van der Waals surface area contributed by atoms with Crippen molar-refractivity contribution < 1.29 is 37.4 Å². The molecule has 0 aliphatic carbocycles. The number of nitrogens with zero attached hydrogens (tertiary/aromatic N) is 6. The van der Waals surface area contributed by atoms with Gasteiger partial charge in [0.25, 0.3) is 0 Å². The number of fused-ring (bicyclic) bond motifs is 2. The van der Waals surface area contributed by atoms with Crippen molar-refractivity contribution >= 4 is 46.3 Å². The minimum atomic E-state index is -0.329. The Morgan fingerprint density at radius 2 is 1.07 bits per heavy atom. The van der Waals surface area contributed by atoms with Crippen LogP contribution in [0.5, 0.6) is 23.0 Å². The van der Waals surface area contributed by atoms with Gasteiger partial charge in [0, 0.05) is 74.8 Å². The predicted octanol–water partition coefficient (Wildman–Crippen LogP) is 9.31. The molecule has 17 heteroatoms. The topological polar surface area (TPSA) is 179 Å². The van der Waals surface area contributed by atoms with Crippen molar-refractivity contribution in [1.82, 2.24) is 39.5 Å². The minimum absolute atomic E-state index is 0.0376. The Morgan fingerprint density at radius 3 is 1.51 bits per heavy atom. The number of piperidine rings is 2. The molecule has 0 saturated carbocycles. The number of likely N-dealkylation sites (tertiary alicyclic amines) is 2. The molecule has 2 aliphatic heterocycles. The van der Waals surface area contributed by atoms with Crippen LogP contribution in [0.25, 0.3) is 22.1 Å². The fourth-order valence-corrected chi connectivity index (χ4v) is 8.49. The van der Waals surface area contributed by atoms with Gasteiger partial charge in [0.2, 0.25) is 5.91 Å². The highest BCUT2D eigenvalue weighted by atomic mass is 19.1. The fourth-order valence-electron chi connectivity index (χ4n) is 8.49. The molecule has 0 unspecified atom stereocenters. The maximum absolute atomic E-state index is 13.3. The zero-order valence-corrected chi connectivity index (χ0v) is 38.6. The van der Waals surface area contributed by atoms with E-state index in [1.165, 1.54) is 24.3 Å². The maximum atomic E-state index is 13.3. The van der Waals surface area contributed by atoms with Crippen molar-refractivity contribution in [1.29, 1.82) is 0 Å². The molecule has 6 aromatic rings. The number of aromatic nitrogens is 4. The van der Waals surface area contributed by atoms with Gasteiger partial charge in [0.05, 0.1) is 22.1 Å². The summed E-state index contributed by atoms with van der Waals surface area (Å²) >= 11 is 0. The van der Waals surface area contributed by atoms with Crippen LogP contribution in [0.4, 0.5) is 18.4 Å². The number of aldehydes is 1. The molecule has 0 spiro atoms. The van der Waals surface area contributed by atoms with Crippen LogP contribution in [0.1, 0.15) is 95.2 Å². The molecule has 2 aliphatic rings. The van der Waals surface area contributed by atoms with Crippen LogP contribution in [-0.2, 0) is 11.2 Å². The number of amides is 5. The van der Waals surface area contributed by atoms with E-state index in [0.717, 1.165) is 54.3 Å². The molecule has 67 heavy (non-hydrogen) atoms. The number of primary amides is 1. The SMILES string of the molecule is CC(C)NC(=O)N1CCC(n2c(C=O)nc3ccc(Oc4ccc(F)cc4)cc32)CC1.CC(C)NC(=O)N1CCC(n2c(CC[C@@H](C)C(N)=O)nc3ccc(Oc4ccc(F)cc4)cc32)CC1. The predicted molar refractivity (Wildman–Crippen MR) is 252 cm³/mol. The highest BCUT2D eigenvalue weighted by Crippen LogP contribution is 2.35. The van der Waals surface area contributed by atoms with E-state index in [-0.39, 0.29) is 59.7 Å². The van der Waals surface area contributed by atoms with E-state index in [2.05, 4.69) is 20.2 Å². The zero-order chi connectivity index (χ0) is 47.8. The number of nitrogens with two attached hydrogens (primary N) is 1. The van der Waals surface area contributed by atoms with E-state index in [0.29, 0.717) is 73.4 Å². The monoisotopic (exact) mass is 919 g/mol. The maximum Gasteiger partial charge on any atom is 0.317 e. The molecule has 2 aromatic heterocycles. The molecule has 1 atom stereocenters. The molecule has 0 bridgehead atoms. The quantitative estimate of drug-likeness (QED) is 0.0960. The van der Waals surface area contributed by atoms with E-state index in [1.807, 2.05) is 74.4 Å². The van der Waals surface area contributed by atoms with Crippen molar-refractivity contribution in [3.05, 3.63) is 108 Å². The third-order valence-corrected chi connectivity index (χ3v) is 12.0. The van der Waals surface area contributed by atoms with Gasteiger partial charge in [-0.1, -0.05) is 6.92 Å². The molecule has 15 nitrogen and oxygen atoms in total. The molecular formula is C50H59F2N9O6. The van der Waals surface area contributed by atoms with E-state index < -0.39 is 0 Å². The second-order valence-electron chi connectivity index (χ2n) is 17.8. The Bertz CT molecular complexity index is 2670. The number of hydrogen-bond acceptors (Lipinski definition) is 8. The van der Waals surface area contributed by atoms with Crippen molar-refractivity contribution in [2.24, 2.45) is 11.7 Å². The minimum Gasteiger partial charge on any atom is -0.457 e. The lowest BCUT2D eigenvalue weighted by Gasteiger charge is -2.34. The smallest absolute Gasteiger partial charge is 0.317 e. The van der Waals surface area contributed by atoms with Gasteiger partial charge in [0.15, 0.2) is 12.1 Å². The van der Waals surface area contributed by atoms with E-state index in [4.69, 9.17) is 20.2 Å². The molecular weight excluding hydrogens is 861 g/mol. The van der Waals surface area contributed by atoms with Crippen molar-refractivity contribution in [3.63, 3.8) is 0 Å². The van der Waals surface area contributed by atoms with Gasteiger partial charge < -0.3 is 44.8 Å². The number of imidazole rings is 2. The first-order chi connectivity index (χ1) is 32.1. The molecule has 4 heterocycles. The van der Waals surface area contributed by atoms with E-state index >= 15 is 0 Å². The van der Waals surface area contributed by atoms with Crippen molar-refractivity contribution in [3.8, 4) is 23.0 Å². The largest absolute Gasteiger partial charge is 0.457 e. The van der Waals surface area contributed by atoms with Gasteiger partial charge >= 0.3 is 12.1 Å². The average molecular weight is 920 g/mol. The number of hydrogen-bond donors (Lipinski definition) is 3. The number of rotatable bonds is 13. The number of halogens is 2. The van der Waals surface area contributed by atoms with Gasteiger partial charge in [-0.05, 0) is 133 Å². The first-order valence-electron chi connectivity index (χ1n) is 22.9. The molecule has 4 N–H and O–H groups in total. The Labute approximate surface area is 388 Å². The lowest BCUT2D eigenvalue weighted by atomic mass is 10.0. The van der Waals surface area contributed by atoms with Gasteiger partial charge in [-0.15, -0.1) is 0 Å². The Hall–Kier alpha value is -7.04. The van der Waals surface area contributed by atoms with Crippen molar-refractivity contribution in [2.45, 2.75) is 97.3 Å². The zero-order valence-electron chi connectivity index (χ0n) is 38.6. The third kappa shape index (κ3) is 12.1. The Morgan fingerprint density at radius 1 is 0.657 bits per heavy atom. The summed E-state index contributed by atoms with van der Waals surface area (Å²) in [4.78, 5) is 61.1. The number of carbonyl (C=O) groups excluding carboxylic acids is 4. The summed E-state index contributed by atoms with van der Waals surface area (Å²) in [5, 5.41) is 5.88. The van der Waals surface area contributed by atoms with Crippen LogP contribution in [-0.4, -0.2) is 91.4 Å². The molecule has 0 radical (unpaired) electrons. The van der Waals surface area contributed by atoms with E-state index in [1.54, 1.807) is 35.2 Å². The second kappa shape index (κ2) is 21.5. The van der Waals surface area contributed by atoms with Gasteiger partial charge in [-0.2, -0.15) is 0 Å². The second-order valence-corrected chi connectivity index (χ2v) is 17.8. The Kier molecular flexibility index (Phi) is 15.4. The summed E-state index contributed by atoms with van der Waals surface area (Å²) in [6.07, 6.45) is 5.01. The highest BCUT2D eigenvalue weighted by molar-refractivity contribution is 5.84. The summed E-state index contributed by atoms with van der Waals surface area (Å²) in [6.45, 7) is 12.1. The van der Waals surface area contributed by atoms with Gasteiger partial charge in [-0.25, -0.2) is 28.3 Å². The van der Waals surface area contributed by atoms with Crippen molar-refractivity contribution in [2.75, 3.05) is 26.2 Å². The van der Waals surface area contributed by atoms with Crippen LogP contribution in [0, 0.1) is 17.6 Å². The lowest BCUT2D eigenvalue weighted by molar-refractivity contribution is -0.121. The number of benzene rings is 4. The first kappa shape index (κ1) is 47.9. The number of nitrogens with one attached hydrogen (secondary N) is 2. The summed E-state index contributed by atoms with van der Waals surface area (Å²) in [6, 6.07) is 23.1. The molecule has 4 aromatic carbocycles. The van der Waals surface area contributed by atoms with Crippen LogP contribution in [0.3, 0.4) is 0 Å². The first-order valence-corrected chi connectivity index (χ1v) is 22.9. The molecule has 2 saturated heterocycles. The average Bonchev–Trinajstić information content (AvgIpc) is 3.87. The van der Waals surface area contributed by atoms with Crippen LogP contribution >= 0.6 is 0 Å². The molecule has 5 amide bonds. The standard InChI is InChI=1S/C27H34FN5O3.C23H25FN4O3/c1-17(2)30-27(35)32-14-12-20(13-15-32)33-24-16-22(36-21-7-5-19(28)6-8-21)9-10-23(24)31-25(33)11-4-18(3)26(29)34;1-15(2)25-23(30)27-11-9-17(10-12-27)28-21-13-19(7-8-20(21)26-22(28)14-29)31-18-5-3-16(24)4-6-18/h5-10,16-18,20H,4,11-15H2,1-3H3,(H2,29,34)(H,30,35);3-8,13-15,17H,9-12H2,1-2H3,(H,25,30)/t18-;/m1./s1. The number of aryl methyl sites for hydroxylation is 1. The molecule has 8 rings (SSSR count). The third-order valence-electron chi connectivity index (χ3n) is 12.0. The van der Waals surface area contributed by atoms with Crippen LogP contribution in [0.15, 0.2) is 84.9 Å². The van der Waals surface area contributed by atoms with E-state index in [9.17, 15) is 28.0 Å². The summed E-state index contributed by atoms with van der Waals surface area (Å²) < 4.78 is 42.4. The van der Waals surface area contributed by atoms with Crippen LogP contribution < -0.4 is 25.8 Å². The summed E-state index contributed by atoms with van der Waals surface area (Å²) in [7, 11) is 0. The molecule has 2 fully saturated rings.